The fourth-order valence-electron chi connectivity index (χ4n) is 2.88. The van der Waals surface area contributed by atoms with Gasteiger partial charge in [0, 0.05) is 24.4 Å². The zero-order chi connectivity index (χ0) is 15.8. The van der Waals surface area contributed by atoms with Gasteiger partial charge < -0.3 is 10.1 Å². The number of ether oxygens (including phenoxy) is 1. The van der Waals surface area contributed by atoms with Crippen LogP contribution in [0.4, 0.5) is 0 Å². The molecule has 0 atom stereocenters. The van der Waals surface area contributed by atoms with Gasteiger partial charge >= 0.3 is 0 Å². The normalized spacial score (nSPS) is 15.3. The van der Waals surface area contributed by atoms with E-state index in [1.165, 1.54) is 19.3 Å². The maximum atomic E-state index is 12.0. The van der Waals surface area contributed by atoms with Gasteiger partial charge in [0.1, 0.15) is 5.75 Å². The molecule has 0 unspecified atom stereocenters. The Morgan fingerprint density at radius 3 is 2.41 bits per heavy atom. The summed E-state index contributed by atoms with van der Waals surface area (Å²) in [6, 6.07) is 7.44. The zero-order valence-electron chi connectivity index (χ0n) is 13.3. The van der Waals surface area contributed by atoms with Crippen LogP contribution in [-0.2, 0) is 4.79 Å². The summed E-state index contributed by atoms with van der Waals surface area (Å²) in [5, 5.41) is 3.08. The Morgan fingerprint density at radius 1 is 1.09 bits per heavy atom. The zero-order valence-corrected chi connectivity index (χ0v) is 13.3. The van der Waals surface area contributed by atoms with Gasteiger partial charge in [0.05, 0.1) is 7.11 Å². The van der Waals surface area contributed by atoms with Crippen molar-refractivity contribution in [2.24, 2.45) is 0 Å². The number of carbonyl (C=O) groups excluding carboxylic acids is 2. The number of Topliss-reactive ketones (excluding diaryl/α,β-unsaturated/α-hetero) is 1. The Kier molecular flexibility index (Phi) is 6.44. The third-order valence-corrected chi connectivity index (χ3v) is 4.19. The predicted molar refractivity (Wildman–Crippen MR) is 86.2 cm³/mol. The molecule has 0 bridgehead atoms. The van der Waals surface area contributed by atoms with Gasteiger partial charge in [-0.15, -0.1) is 0 Å². The molecule has 1 saturated carbocycles. The minimum Gasteiger partial charge on any atom is -0.497 e. The first-order valence-electron chi connectivity index (χ1n) is 8.15. The predicted octanol–water partition coefficient (Wildman–Crippen LogP) is 3.50. The second-order valence-corrected chi connectivity index (χ2v) is 5.91. The molecular weight excluding hydrogens is 278 g/mol. The van der Waals surface area contributed by atoms with E-state index in [1.807, 2.05) is 0 Å². The van der Waals surface area contributed by atoms with Crippen LogP contribution in [0.2, 0.25) is 0 Å². The summed E-state index contributed by atoms with van der Waals surface area (Å²) in [6.07, 6.45) is 7.32. The Labute approximate surface area is 132 Å². The first-order chi connectivity index (χ1) is 10.7. The van der Waals surface area contributed by atoms with E-state index in [0.29, 0.717) is 30.9 Å². The van der Waals surface area contributed by atoms with Crippen LogP contribution in [0.25, 0.3) is 0 Å². The molecule has 1 aliphatic carbocycles. The first kappa shape index (κ1) is 16.5. The van der Waals surface area contributed by atoms with E-state index in [9.17, 15) is 9.59 Å². The molecule has 1 aliphatic rings. The van der Waals surface area contributed by atoms with Crippen molar-refractivity contribution < 1.29 is 14.3 Å². The number of carbonyl (C=O) groups is 2. The van der Waals surface area contributed by atoms with E-state index in [4.69, 9.17) is 4.74 Å². The van der Waals surface area contributed by atoms with Crippen molar-refractivity contribution in [2.75, 3.05) is 7.11 Å². The third-order valence-electron chi connectivity index (χ3n) is 4.19. The van der Waals surface area contributed by atoms with E-state index in [2.05, 4.69) is 5.32 Å². The van der Waals surface area contributed by atoms with Gasteiger partial charge in [0.2, 0.25) is 5.91 Å². The lowest BCUT2D eigenvalue weighted by Gasteiger charge is -2.22. The summed E-state index contributed by atoms with van der Waals surface area (Å²) < 4.78 is 5.07. The van der Waals surface area contributed by atoms with E-state index in [0.717, 1.165) is 18.6 Å². The van der Waals surface area contributed by atoms with Crippen molar-refractivity contribution >= 4 is 11.7 Å². The molecule has 0 aromatic heterocycles. The fourth-order valence-corrected chi connectivity index (χ4v) is 2.88. The topological polar surface area (TPSA) is 55.4 Å². The van der Waals surface area contributed by atoms with Crippen LogP contribution in [0.5, 0.6) is 5.75 Å². The van der Waals surface area contributed by atoms with Gasteiger partial charge in [0.15, 0.2) is 5.78 Å². The molecular formula is C18H25NO3. The van der Waals surface area contributed by atoms with Gasteiger partial charge in [-0.2, -0.15) is 0 Å². The Bertz CT molecular complexity index is 490. The second kappa shape index (κ2) is 8.57. The van der Waals surface area contributed by atoms with Crippen molar-refractivity contribution in [1.82, 2.24) is 5.32 Å². The highest BCUT2D eigenvalue weighted by Gasteiger charge is 2.15. The number of methoxy groups -OCH3 is 1. The number of rotatable bonds is 7. The molecule has 1 fully saturated rings. The lowest BCUT2D eigenvalue weighted by atomic mass is 9.95. The van der Waals surface area contributed by atoms with E-state index >= 15 is 0 Å². The Hall–Kier alpha value is -1.84. The Morgan fingerprint density at radius 2 is 1.77 bits per heavy atom. The lowest BCUT2D eigenvalue weighted by molar-refractivity contribution is -0.122. The van der Waals surface area contributed by atoms with Crippen LogP contribution in [0, 0.1) is 0 Å². The van der Waals surface area contributed by atoms with Crippen LogP contribution in [0.1, 0.15) is 61.7 Å². The fraction of sp³-hybridized carbons (Fsp3) is 0.556. The molecule has 22 heavy (non-hydrogen) atoms. The smallest absolute Gasteiger partial charge is 0.220 e. The number of benzene rings is 1. The van der Waals surface area contributed by atoms with Crippen LogP contribution < -0.4 is 10.1 Å². The Balaban J connectivity index is 1.68. The summed E-state index contributed by atoms with van der Waals surface area (Å²) >= 11 is 0. The third kappa shape index (κ3) is 5.17. The maximum Gasteiger partial charge on any atom is 0.220 e. The molecule has 1 N–H and O–H groups in total. The minimum absolute atomic E-state index is 0.0770. The first-order valence-corrected chi connectivity index (χ1v) is 8.15. The van der Waals surface area contributed by atoms with Crippen molar-refractivity contribution in [3.05, 3.63) is 29.8 Å². The maximum absolute atomic E-state index is 12.0. The molecule has 0 spiro atoms. The standard InChI is InChI=1S/C18H25NO3/c1-22-16-12-10-14(11-13-16)17(20)8-5-9-18(21)19-15-6-3-2-4-7-15/h10-13,15H,2-9H2,1H3,(H,19,21). The molecule has 4 nitrogen and oxygen atoms in total. The number of nitrogens with one attached hydrogen (secondary N) is 1. The summed E-state index contributed by atoms with van der Waals surface area (Å²) in [4.78, 5) is 23.9. The molecule has 0 aliphatic heterocycles. The SMILES string of the molecule is COc1ccc(C(=O)CCCC(=O)NC2CCCCC2)cc1. The highest BCUT2D eigenvalue weighted by atomic mass is 16.5. The van der Waals surface area contributed by atoms with Crippen LogP contribution >= 0.6 is 0 Å². The monoisotopic (exact) mass is 303 g/mol. The molecule has 1 amide bonds. The molecule has 0 heterocycles. The number of hydrogen-bond donors (Lipinski definition) is 1. The van der Waals surface area contributed by atoms with Gasteiger partial charge in [-0.05, 0) is 43.5 Å². The summed E-state index contributed by atoms with van der Waals surface area (Å²) in [7, 11) is 1.60. The van der Waals surface area contributed by atoms with Gasteiger partial charge in [-0.1, -0.05) is 19.3 Å². The van der Waals surface area contributed by atoms with E-state index in [-0.39, 0.29) is 11.7 Å². The number of hydrogen-bond acceptors (Lipinski definition) is 3. The van der Waals surface area contributed by atoms with Gasteiger partial charge in [0.25, 0.3) is 0 Å². The average Bonchev–Trinajstić information content (AvgIpc) is 2.55. The quantitative estimate of drug-likeness (QED) is 0.784. The van der Waals surface area contributed by atoms with Crippen molar-refractivity contribution in [2.45, 2.75) is 57.4 Å². The molecule has 120 valence electrons. The van der Waals surface area contributed by atoms with Crippen molar-refractivity contribution in [3.8, 4) is 5.75 Å². The highest BCUT2D eigenvalue weighted by Crippen LogP contribution is 2.18. The lowest BCUT2D eigenvalue weighted by Crippen LogP contribution is -2.36. The number of amides is 1. The van der Waals surface area contributed by atoms with Crippen molar-refractivity contribution in [3.63, 3.8) is 0 Å². The van der Waals surface area contributed by atoms with Crippen LogP contribution in [-0.4, -0.2) is 24.8 Å². The minimum atomic E-state index is 0.0770. The second-order valence-electron chi connectivity index (χ2n) is 5.91. The van der Waals surface area contributed by atoms with Crippen LogP contribution in [0.15, 0.2) is 24.3 Å². The van der Waals surface area contributed by atoms with Crippen LogP contribution in [0.3, 0.4) is 0 Å². The van der Waals surface area contributed by atoms with Gasteiger partial charge in [-0.3, -0.25) is 9.59 Å². The summed E-state index contributed by atoms with van der Waals surface area (Å²) in [5.74, 6) is 0.894. The molecule has 4 heteroatoms. The average molecular weight is 303 g/mol. The number of ketones is 1. The largest absolute Gasteiger partial charge is 0.497 e. The molecule has 2 rings (SSSR count). The molecule has 1 aromatic rings. The summed E-state index contributed by atoms with van der Waals surface area (Å²) in [5.41, 5.74) is 0.675. The van der Waals surface area contributed by atoms with Crippen molar-refractivity contribution in [1.29, 1.82) is 0 Å². The van der Waals surface area contributed by atoms with E-state index in [1.54, 1.807) is 31.4 Å². The molecule has 0 saturated heterocycles. The molecule has 1 aromatic carbocycles. The van der Waals surface area contributed by atoms with E-state index < -0.39 is 0 Å². The van der Waals surface area contributed by atoms with Gasteiger partial charge in [-0.25, -0.2) is 0 Å². The highest BCUT2D eigenvalue weighted by molar-refractivity contribution is 5.96. The molecule has 0 radical (unpaired) electrons. The summed E-state index contributed by atoms with van der Waals surface area (Å²) in [6.45, 7) is 0.